The Balaban J connectivity index is 1.55. The molecule has 146 valence electrons. The number of carboxylic acids is 1. The van der Waals surface area contributed by atoms with Crippen LogP contribution in [0.5, 0.6) is 5.75 Å². The van der Waals surface area contributed by atoms with Gasteiger partial charge < -0.3 is 9.84 Å². The monoisotopic (exact) mass is 406 g/mol. The third kappa shape index (κ3) is 5.70. The van der Waals surface area contributed by atoms with Gasteiger partial charge in [-0.1, -0.05) is 23.9 Å². The first-order chi connectivity index (χ1) is 14.0. The molecule has 2 N–H and O–H groups in total. The Kier molecular flexibility index (Phi) is 6.65. The number of rotatable bonds is 7. The van der Waals surface area contributed by atoms with Crippen molar-refractivity contribution in [2.75, 3.05) is 7.11 Å². The number of hydrogen-bond acceptors (Lipinski definition) is 5. The molecule has 0 bridgehead atoms. The van der Waals surface area contributed by atoms with Crippen LogP contribution in [0.3, 0.4) is 0 Å². The molecule has 6 nitrogen and oxygen atoms in total. The largest absolute Gasteiger partial charge is 0.497 e. The van der Waals surface area contributed by atoms with Crippen molar-refractivity contribution in [3.63, 3.8) is 0 Å². The highest BCUT2D eigenvalue weighted by Crippen LogP contribution is 2.28. The molecule has 3 aromatic carbocycles. The quantitative estimate of drug-likeness (QED) is 0.451. The van der Waals surface area contributed by atoms with Gasteiger partial charge in [0.15, 0.2) is 0 Å². The summed E-state index contributed by atoms with van der Waals surface area (Å²) in [7, 11) is 1.64. The minimum Gasteiger partial charge on any atom is -0.497 e. The van der Waals surface area contributed by atoms with Gasteiger partial charge in [-0.3, -0.25) is 4.79 Å². The van der Waals surface area contributed by atoms with Crippen molar-refractivity contribution >= 4 is 29.9 Å². The maximum atomic E-state index is 12.0. The Morgan fingerprint density at radius 3 is 2.00 bits per heavy atom. The lowest BCUT2D eigenvalue weighted by Gasteiger charge is -2.04. The number of methoxy groups -OCH3 is 1. The number of benzene rings is 3. The van der Waals surface area contributed by atoms with Gasteiger partial charge in [0.2, 0.25) is 0 Å². The Hall–Kier alpha value is -3.58. The molecule has 0 aromatic heterocycles. The molecule has 3 rings (SSSR count). The van der Waals surface area contributed by atoms with Crippen LogP contribution >= 0.6 is 11.8 Å². The maximum Gasteiger partial charge on any atom is 0.335 e. The molecule has 0 spiro atoms. The van der Waals surface area contributed by atoms with Crippen LogP contribution in [0.4, 0.5) is 0 Å². The fourth-order valence-corrected chi connectivity index (χ4v) is 3.21. The number of nitrogens with zero attached hydrogens (tertiary/aromatic N) is 1. The topological polar surface area (TPSA) is 88.0 Å². The van der Waals surface area contributed by atoms with Gasteiger partial charge in [0.05, 0.1) is 18.9 Å². The third-order valence-corrected chi connectivity index (χ3v) is 4.96. The van der Waals surface area contributed by atoms with Gasteiger partial charge in [-0.2, -0.15) is 5.10 Å². The molecular weight excluding hydrogens is 388 g/mol. The van der Waals surface area contributed by atoms with Gasteiger partial charge in [0.1, 0.15) is 5.75 Å². The van der Waals surface area contributed by atoms with Crippen molar-refractivity contribution < 1.29 is 19.4 Å². The molecule has 0 aliphatic rings. The SMILES string of the molecule is COc1ccc(Sc2ccc(C=NNC(=O)c3ccc(C(=O)O)cc3)cc2)cc1. The number of nitrogens with one attached hydrogen (secondary N) is 1. The highest BCUT2D eigenvalue weighted by molar-refractivity contribution is 7.99. The number of carboxylic acid groups (broad SMARTS) is 1. The van der Waals surface area contributed by atoms with Crippen molar-refractivity contribution in [2.45, 2.75) is 9.79 Å². The van der Waals surface area contributed by atoms with Gasteiger partial charge >= 0.3 is 5.97 Å². The molecule has 0 heterocycles. The van der Waals surface area contributed by atoms with Crippen molar-refractivity contribution in [1.29, 1.82) is 0 Å². The molecule has 0 saturated heterocycles. The Morgan fingerprint density at radius 2 is 1.45 bits per heavy atom. The molecule has 0 unspecified atom stereocenters. The number of hydrogen-bond donors (Lipinski definition) is 2. The van der Waals surface area contributed by atoms with E-state index in [-0.39, 0.29) is 5.56 Å². The van der Waals surface area contributed by atoms with Gasteiger partial charge in [-0.15, -0.1) is 0 Å². The number of amides is 1. The van der Waals surface area contributed by atoms with Crippen molar-refractivity contribution in [3.8, 4) is 5.75 Å². The Bertz CT molecular complexity index is 1010. The summed E-state index contributed by atoms with van der Waals surface area (Å²) >= 11 is 1.63. The average Bonchev–Trinajstić information content (AvgIpc) is 2.75. The molecular formula is C22H18N2O4S. The average molecular weight is 406 g/mol. The van der Waals surface area contributed by atoms with E-state index in [1.54, 1.807) is 25.1 Å². The van der Waals surface area contributed by atoms with Crippen LogP contribution in [0.15, 0.2) is 87.7 Å². The lowest BCUT2D eigenvalue weighted by atomic mass is 10.1. The number of ether oxygens (including phenoxy) is 1. The van der Waals surface area contributed by atoms with Crippen LogP contribution in [0.1, 0.15) is 26.3 Å². The number of aromatic carboxylic acids is 1. The molecule has 0 fully saturated rings. The van der Waals surface area contributed by atoms with Gasteiger partial charge in [0.25, 0.3) is 5.91 Å². The second-order valence-corrected chi connectivity index (χ2v) is 7.08. The first kappa shape index (κ1) is 20.2. The molecule has 29 heavy (non-hydrogen) atoms. The number of carbonyl (C=O) groups excluding carboxylic acids is 1. The summed E-state index contributed by atoms with van der Waals surface area (Å²) in [5, 5.41) is 12.8. The van der Waals surface area contributed by atoms with Crippen LogP contribution in [0.2, 0.25) is 0 Å². The fraction of sp³-hybridized carbons (Fsp3) is 0.0455. The van der Waals surface area contributed by atoms with E-state index in [1.807, 2.05) is 48.5 Å². The van der Waals surface area contributed by atoms with Gasteiger partial charge in [-0.05, 0) is 66.2 Å². The minimum absolute atomic E-state index is 0.123. The van der Waals surface area contributed by atoms with E-state index < -0.39 is 11.9 Å². The van der Waals surface area contributed by atoms with Crippen molar-refractivity contribution in [1.82, 2.24) is 5.43 Å². The predicted octanol–water partition coefficient (Wildman–Crippen LogP) is 4.31. The zero-order valence-electron chi connectivity index (χ0n) is 15.5. The van der Waals surface area contributed by atoms with E-state index in [9.17, 15) is 9.59 Å². The summed E-state index contributed by atoms with van der Waals surface area (Å²) in [6.07, 6.45) is 1.55. The van der Waals surface area contributed by atoms with Gasteiger partial charge in [0, 0.05) is 15.4 Å². The number of carbonyl (C=O) groups is 2. The highest BCUT2D eigenvalue weighted by atomic mass is 32.2. The summed E-state index contributed by atoms with van der Waals surface area (Å²) in [4.78, 5) is 25.1. The first-order valence-electron chi connectivity index (χ1n) is 8.64. The zero-order chi connectivity index (χ0) is 20.6. The molecule has 7 heteroatoms. The molecule has 0 aliphatic carbocycles. The second-order valence-electron chi connectivity index (χ2n) is 5.93. The van der Waals surface area contributed by atoms with Crippen LogP contribution in [0.25, 0.3) is 0 Å². The zero-order valence-corrected chi connectivity index (χ0v) is 16.3. The summed E-state index contributed by atoms with van der Waals surface area (Å²) in [6.45, 7) is 0. The first-order valence-corrected chi connectivity index (χ1v) is 9.45. The maximum absolute atomic E-state index is 12.0. The molecule has 1 amide bonds. The lowest BCUT2D eigenvalue weighted by Crippen LogP contribution is -2.17. The van der Waals surface area contributed by atoms with Crippen LogP contribution in [-0.2, 0) is 0 Å². The number of hydrazone groups is 1. The van der Waals surface area contributed by atoms with E-state index in [4.69, 9.17) is 9.84 Å². The second kappa shape index (κ2) is 9.57. The van der Waals surface area contributed by atoms with Crippen LogP contribution < -0.4 is 10.2 Å². The van der Waals surface area contributed by atoms with E-state index in [0.717, 1.165) is 21.1 Å². The molecule has 3 aromatic rings. The van der Waals surface area contributed by atoms with E-state index in [2.05, 4.69) is 10.5 Å². The molecule has 0 aliphatic heterocycles. The predicted molar refractivity (Wildman–Crippen MR) is 112 cm³/mol. The Morgan fingerprint density at radius 1 is 0.897 bits per heavy atom. The van der Waals surface area contributed by atoms with Crippen molar-refractivity contribution in [2.24, 2.45) is 5.10 Å². The molecule has 0 radical (unpaired) electrons. The summed E-state index contributed by atoms with van der Waals surface area (Å²) in [5.74, 6) is -0.630. The summed E-state index contributed by atoms with van der Waals surface area (Å²) in [5.41, 5.74) is 3.72. The Labute approximate surface area is 172 Å². The standard InChI is InChI=1S/C22H18N2O4S/c1-28-18-8-12-20(13-9-18)29-19-10-2-15(3-11-19)14-23-24-21(25)16-4-6-17(7-5-16)22(26)27/h2-14H,1H3,(H,24,25)(H,26,27). The van der Waals surface area contributed by atoms with Gasteiger partial charge in [-0.25, -0.2) is 10.2 Å². The van der Waals surface area contributed by atoms with Crippen molar-refractivity contribution in [3.05, 3.63) is 89.5 Å². The smallest absolute Gasteiger partial charge is 0.335 e. The van der Waals surface area contributed by atoms with E-state index in [0.29, 0.717) is 5.56 Å². The third-order valence-electron chi connectivity index (χ3n) is 3.95. The minimum atomic E-state index is -1.04. The molecule has 0 saturated carbocycles. The summed E-state index contributed by atoms with van der Waals surface area (Å²) in [6, 6.07) is 21.2. The lowest BCUT2D eigenvalue weighted by molar-refractivity contribution is 0.0696. The van der Waals surface area contributed by atoms with E-state index in [1.165, 1.54) is 24.3 Å². The van der Waals surface area contributed by atoms with Crippen LogP contribution in [0, 0.1) is 0 Å². The fourth-order valence-electron chi connectivity index (χ4n) is 2.40. The van der Waals surface area contributed by atoms with E-state index >= 15 is 0 Å². The molecule has 0 atom stereocenters. The normalized spacial score (nSPS) is 10.7. The summed E-state index contributed by atoms with van der Waals surface area (Å²) < 4.78 is 5.16. The van der Waals surface area contributed by atoms with Crippen LogP contribution in [-0.4, -0.2) is 30.3 Å². The highest BCUT2D eigenvalue weighted by Gasteiger charge is 2.06.